The third-order valence-electron chi connectivity index (χ3n) is 2.64. The summed E-state index contributed by atoms with van der Waals surface area (Å²) in [6, 6.07) is 11.0. The van der Waals surface area contributed by atoms with Crippen LogP contribution in [0, 0.1) is 0 Å². The molecule has 1 rings (SSSR count). The van der Waals surface area contributed by atoms with E-state index in [1.165, 1.54) is 5.56 Å². The topological polar surface area (TPSA) is 24.1 Å². The first-order valence-electron chi connectivity index (χ1n) is 5.75. The van der Waals surface area contributed by atoms with Crippen LogP contribution >= 0.6 is 12.2 Å². The Morgan fingerprint density at radius 1 is 1.19 bits per heavy atom. The summed E-state index contributed by atoms with van der Waals surface area (Å²) in [6.07, 6.45) is 1.07. The van der Waals surface area contributed by atoms with E-state index in [0.717, 1.165) is 11.5 Å². The molecule has 0 radical (unpaired) electrons. The van der Waals surface area contributed by atoms with Crippen molar-refractivity contribution in [2.75, 3.05) is 0 Å². The highest BCUT2D eigenvalue weighted by atomic mass is 32.1. The SMILES string of the molecule is CCC(C)NC(=S)NC(C)c1ccccc1. The molecule has 0 saturated carbocycles. The molecule has 0 heterocycles. The Morgan fingerprint density at radius 3 is 2.38 bits per heavy atom. The highest BCUT2D eigenvalue weighted by Gasteiger charge is 2.07. The van der Waals surface area contributed by atoms with Gasteiger partial charge < -0.3 is 10.6 Å². The second-order valence-corrected chi connectivity index (χ2v) is 4.47. The van der Waals surface area contributed by atoms with E-state index >= 15 is 0 Å². The maximum Gasteiger partial charge on any atom is 0.166 e. The van der Waals surface area contributed by atoms with Crippen LogP contribution in [0.2, 0.25) is 0 Å². The zero-order chi connectivity index (χ0) is 12.0. The molecule has 0 aliphatic carbocycles. The number of rotatable bonds is 4. The highest BCUT2D eigenvalue weighted by Crippen LogP contribution is 2.10. The van der Waals surface area contributed by atoms with Crippen LogP contribution in [0.15, 0.2) is 30.3 Å². The lowest BCUT2D eigenvalue weighted by atomic mass is 10.1. The normalized spacial score (nSPS) is 13.9. The summed E-state index contributed by atoms with van der Waals surface area (Å²) < 4.78 is 0. The summed E-state index contributed by atoms with van der Waals surface area (Å²) in [5.74, 6) is 0. The molecule has 1 aromatic carbocycles. The van der Waals surface area contributed by atoms with Gasteiger partial charge in [0.2, 0.25) is 0 Å². The molecule has 16 heavy (non-hydrogen) atoms. The molecule has 0 bridgehead atoms. The largest absolute Gasteiger partial charge is 0.360 e. The maximum atomic E-state index is 5.25. The van der Waals surface area contributed by atoms with Crippen LogP contribution in [0.25, 0.3) is 0 Å². The van der Waals surface area contributed by atoms with Crippen molar-refractivity contribution >= 4 is 17.3 Å². The molecule has 2 nitrogen and oxygen atoms in total. The van der Waals surface area contributed by atoms with Crippen LogP contribution in [0.1, 0.15) is 38.8 Å². The lowest BCUT2D eigenvalue weighted by Gasteiger charge is -2.20. The van der Waals surface area contributed by atoms with Crippen LogP contribution in [-0.2, 0) is 0 Å². The Hall–Kier alpha value is -1.09. The summed E-state index contributed by atoms with van der Waals surface area (Å²) >= 11 is 5.25. The summed E-state index contributed by atoms with van der Waals surface area (Å²) in [5.41, 5.74) is 1.25. The van der Waals surface area contributed by atoms with Crippen molar-refractivity contribution in [1.29, 1.82) is 0 Å². The smallest absolute Gasteiger partial charge is 0.166 e. The van der Waals surface area contributed by atoms with Gasteiger partial charge in [-0.15, -0.1) is 0 Å². The van der Waals surface area contributed by atoms with Gasteiger partial charge in [-0.1, -0.05) is 37.3 Å². The fourth-order valence-electron chi connectivity index (χ4n) is 1.39. The summed E-state index contributed by atoms with van der Waals surface area (Å²) in [6.45, 7) is 6.38. The van der Waals surface area contributed by atoms with Crippen LogP contribution in [0.3, 0.4) is 0 Å². The summed E-state index contributed by atoms with van der Waals surface area (Å²) in [5, 5.41) is 7.26. The van der Waals surface area contributed by atoms with Crippen molar-refractivity contribution in [2.24, 2.45) is 0 Å². The van der Waals surface area contributed by atoms with Gasteiger partial charge in [-0.3, -0.25) is 0 Å². The molecule has 0 spiro atoms. The lowest BCUT2D eigenvalue weighted by molar-refractivity contribution is 0.615. The number of benzene rings is 1. The van der Waals surface area contributed by atoms with E-state index in [-0.39, 0.29) is 6.04 Å². The number of nitrogens with one attached hydrogen (secondary N) is 2. The van der Waals surface area contributed by atoms with Gasteiger partial charge in [-0.25, -0.2) is 0 Å². The van der Waals surface area contributed by atoms with Crippen LogP contribution < -0.4 is 10.6 Å². The molecular weight excluding hydrogens is 216 g/mol. The van der Waals surface area contributed by atoms with Crippen molar-refractivity contribution in [3.05, 3.63) is 35.9 Å². The third kappa shape index (κ3) is 4.19. The molecule has 0 aliphatic heterocycles. The van der Waals surface area contributed by atoms with E-state index in [9.17, 15) is 0 Å². The van der Waals surface area contributed by atoms with Crippen LogP contribution in [0.4, 0.5) is 0 Å². The molecule has 3 heteroatoms. The van der Waals surface area contributed by atoms with Gasteiger partial charge in [0, 0.05) is 6.04 Å². The van der Waals surface area contributed by atoms with Crippen LogP contribution in [0.5, 0.6) is 0 Å². The first-order valence-corrected chi connectivity index (χ1v) is 6.16. The zero-order valence-corrected chi connectivity index (χ0v) is 11.0. The van der Waals surface area contributed by atoms with Gasteiger partial charge in [-0.2, -0.15) is 0 Å². The summed E-state index contributed by atoms with van der Waals surface area (Å²) in [4.78, 5) is 0. The molecule has 0 amide bonds. The number of thiocarbonyl (C=S) groups is 1. The first-order chi connectivity index (χ1) is 7.63. The Bertz CT molecular complexity index is 324. The molecule has 0 aliphatic rings. The fourth-order valence-corrected chi connectivity index (χ4v) is 1.77. The first kappa shape index (κ1) is 13.0. The Morgan fingerprint density at radius 2 is 1.81 bits per heavy atom. The molecule has 2 unspecified atom stereocenters. The van der Waals surface area contributed by atoms with E-state index in [1.807, 2.05) is 18.2 Å². The molecule has 88 valence electrons. The second kappa shape index (κ2) is 6.48. The minimum Gasteiger partial charge on any atom is -0.360 e. The van der Waals surface area contributed by atoms with Gasteiger partial charge in [0.05, 0.1) is 6.04 Å². The monoisotopic (exact) mass is 236 g/mol. The van der Waals surface area contributed by atoms with E-state index in [4.69, 9.17) is 12.2 Å². The van der Waals surface area contributed by atoms with Gasteiger partial charge in [-0.05, 0) is 38.0 Å². The standard InChI is InChI=1S/C13H20N2S/c1-4-10(2)14-13(16)15-11(3)12-8-6-5-7-9-12/h5-11H,4H2,1-3H3,(H2,14,15,16). The lowest BCUT2D eigenvalue weighted by Crippen LogP contribution is -2.41. The maximum absolute atomic E-state index is 5.25. The zero-order valence-electron chi connectivity index (χ0n) is 10.2. The minimum atomic E-state index is 0.241. The van der Waals surface area contributed by atoms with E-state index in [1.54, 1.807) is 0 Å². The Balaban J connectivity index is 2.46. The van der Waals surface area contributed by atoms with E-state index < -0.39 is 0 Å². The van der Waals surface area contributed by atoms with Crippen molar-refractivity contribution in [2.45, 2.75) is 39.3 Å². The van der Waals surface area contributed by atoms with Gasteiger partial charge >= 0.3 is 0 Å². The average Bonchev–Trinajstić information content (AvgIpc) is 2.29. The Kier molecular flexibility index (Phi) is 5.26. The predicted octanol–water partition coefficient (Wildman–Crippen LogP) is 3.01. The molecule has 0 aromatic heterocycles. The molecule has 1 aromatic rings. The van der Waals surface area contributed by atoms with E-state index in [0.29, 0.717) is 6.04 Å². The third-order valence-corrected chi connectivity index (χ3v) is 2.87. The Labute approximate surface area is 103 Å². The van der Waals surface area contributed by atoms with Crippen molar-refractivity contribution < 1.29 is 0 Å². The quantitative estimate of drug-likeness (QED) is 0.786. The predicted molar refractivity (Wildman–Crippen MR) is 73.5 cm³/mol. The molecule has 2 N–H and O–H groups in total. The summed E-state index contributed by atoms with van der Waals surface area (Å²) in [7, 11) is 0. The number of hydrogen-bond acceptors (Lipinski definition) is 1. The van der Waals surface area contributed by atoms with Gasteiger partial charge in [0.1, 0.15) is 0 Å². The van der Waals surface area contributed by atoms with Crippen LogP contribution in [-0.4, -0.2) is 11.2 Å². The molecule has 0 fully saturated rings. The number of hydrogen-bond donors (Lipinski definition) is 2. The average molecular weight is 236 g/mol. The highest BCUT2D eigenvalue weighted by molar-refractivity contribution is 7.80. The van der Waals surface area contributed by atoms with Gasteiger partial charge in [0.25, 0.3) is 0 Å². The molecule has 0 saturated heterocycles. The van der Waals surface area contributed by atoms with Gasteiger partial charge in [0.15, 0.2) is 5.11 Å². The van der Waals surface area contributed by atoms with Crippen molar-refractivity contribution in [3.63, 3.8) is 0 Å². The van der Waals surface area contributed by atoms with E-state index in [2.05, 4.69) is 43.5 Å². The van der Waals surface area contributed by atoms with Crippen molar-refractivity contribution in [1.82, 2.24) is 10.6 Å². The second-order valence-electron chi connectivity index (χ2n) is 4.06. The fraction of sp³-hybridized carbons (Fsp3) is 0.462. The minimum absolute atomic E-state index is 0.241. The molecular formula is C13H20N2S. The molecule has 2 atom stereocenters. The van der Waals surface area contributed by atoms with Crippen molar-refractivity contribution in [3.8, 4) is 0 Å².